The zero-order valence-corrected chi connectivity index (χ0v) is 16.0. The van der Waals surface area contributed by atoms with Crippen LogP contribution in [-0.2, 0) is 9.59 Å². The predicted molar refractivity (Wildman–Crippen MR) is 58.1 cm³/mol. The molecule has 0 fully saturated rings. The molecule has 0 aliphatic heterocycles. The van der Waals surface area contributed by atoms with Gasteiger partial charge in [-0.3, -0.25) is 4.79 Å². The summed E-state index contributed by atoms with van der Waals surface area (Å²) in [5, 5.41) is 10.2. The Morgan fingerprint density at radius 2 is 1.07 bits per heavy atom. The smallest absolute Gasteiger partial charge is 0.548 e. The number of alkyl halides is 13. The molecule has 0 rings (SSSR count). The standard InChI is InChI=1S/C11H8F13NO3.Na/c1-2-25(3-4(26)27)5(28)6(12,13)7(14,15)8(16,17)9(18,19)10(20,21)11(22,23)24;/h2-3H2,1H3,(H,26,27);/q;+1/p-1. The first-order valence-corrected chi connectivity index (χ1v) is 6.49. The van der Waals surface area contributed by atoms with Crippen LogP contribution in [0.2, 0.25) is 0 Å². The van der Waals surface area contributed by atoms with Gasteiger partial charge in [0.15, 0.2) is 0 Å². The molecule has 0 bridgehead atoms. The number of hydrogen-bond acceptors (Lipinski definition) is 3. The number of likely N-dealkylation sites (N-methyl/N-ethyl adjacent to an activating group) is 1. The maximum absolute atomic E-state index is 13.5. The molecule has 1 amide bonds. The molecule has 18 heteroatoms. The number of nitrogens with zero attached hydrogens (tertiary/aromatic N) is 1. The van der Waals surface area contributed by atoms with Gasteiger partial charge in [-0.2, -0.15) is 57.1 Å². The molecule has 0 spiro atoms. The zero-order chi connectivity index (χ0) is 23.1. The minimum absolute atomic E-state index is 0. The van der Waals surface area contributed by atoms with Crippen LogP contribution in [0.5, 0.6) is 0 Å². The number of halogens is 13. The molecular formula is C11H7F13NNaO3. The van der Waals surface area contributed by atoms with Gasteiger partial charge in [0.05, 0.1) is 12.5 Å². The van der Waals surface area contributed by atoms with Gasteiger partial charge in [-0.1, -0.05) is 0 Å². The molecule has 0 atom stereocenters. The van der Waals surface area contributed by atoms with Gasteiger partial charge in [0.1, 0.15) is 0 Å². The van der Waals surface area contributed by atoms with Gasteiger partial charge >= 0.3 is 65.3 Å². The largest absolute Gasteiger partial charge is 1.00 e. The molecule has 0 unspecified atom stereocenters. The van der Waals surface area contributed by atoms with Crippen molar-refractivity contribution in [2.24, 2.45) is 0 Å². The van der Waals surface area contributed by atoms with Crippen LogP contribution in [0.25, 0.3) is 0 Å². The molecule has 0 aliphatic carbocycles. The van der Waals surface area contributed by atoms with Crippen LogP contribution in [0.1, 0.15) is 6.92 Å². The Balaban J connectivity index is 0. The zero-order valence-electron chi connectivity index (χ0n) is 14.0. The number of rotatable bonds is 8. The van der Waals surface area contributed by atoms with Gasteiger partial charge in [0.25, 0.3) is 5.91 Å². The molecule has 0 saturated heterocycles. The van der Waals surface area contributed by atoms with Crippen molar-refractivity contribution < 1.29 is 101 Å². The average Bonchev–Trinajstić information content (AvgIpc) is 2.49. The molecule has 29 heavy (non-hydrogen) atoms. The van der Waals surface area contributed by atoms with Crippen molar-refractivity contribution in [2.45, 2.75) is 42.7 Å². The van der Waals surface area contributed by atoms with Crippen molar-refractivity contribution in [3.8, 4) is 0 Å². The van der Waals surface area contributed by atoms with E-state index in [0.29, 0.717) is 6.92 Å². The molecular weight excluding hydrogens is 464 g/mol. The Bertz CT molecular complexity index is 620. The van der Waals surface area contributed by atoms with Crippen LogP contribution in [0, 0.1) is 0 Å². The van der Waals surface area contributed by atoms with Gasteiger partial charge < -0.3 is 14.8 Å². The number of carboxylic acid groups (broad SMARTS) is 1. The second-order valence-corrected chi connectivity index (χ2v) is 5.06. The summed E-state index contributed by atoms with van der Waals surface area (Å²) >= 11 is 0. The summed E-state index contributed by atoms with van der Waals surface area (Å²) < 4.78 is 167. The van der Waals surface area contributed by atoms with E-state index in [1.165, 1.54) is 0 Å². The van der Waals surface area contributed by atoms with Gasteiger partial charge in [-0.25, -0.2) is 0 Å². The normalized spacial score (nSPS) is 14.3. The number of carboxylic acids is 1. The summed E-state index contributed by atoms with van der Waals surface area (Å²) in [5.74, 6) is -45.0. The van der Waals surface area contributed by atoms with E-state index in [1.54, 1.807) is 0 Å². The molecule has 0 aliphatic rings. The maximum atomic E-state index is 13.5. The second kappa shape index (κ2) is 8.64. The van der Waals surface area contributed by atoms with E-state index in [2.05, 4.69) is 0 Å². The van der Waals surface area contributed by atoms with Crippen molar-refractivity contribution in [2.75, 3.05) is 13.1 Å². The van der Waals surface area contributed by atoms with E-state index < -0.39 is 65.7 Å². The van der Waals surface area contributed by atoms with Gasteiger partial charge in [-0.15, -0.1) is 0 Å². The summed E-state index contributed by atoms with van der Waals surface area (Å²) in [5.41, 5.74) is 0. The molecule has 0 N–H and O–H groups in total. The van der Waals surface area contributed by atoms with Crippen molar-refractivity contribution in [3.63, 3.8) is 0 Å². The quantitative estimate of drug-likeness (QED) is 0.349. The Morgan fingerprint density at radius 3 is 1.34 bits per heavy atom. The monoisotopic (exact) mass is 471 g/mol. The van der Waals surface area contributed by atoms with Crippen molar-refractivity contribution in [3.05, 3.63) is 0 Å². The van der Waals surface area contributed by atoms with E-state index in [9.17, 15) is 71.8 Å². The van der Waals surface area contributed by atoms with Gasteiger partial charge in [0.2, 0.25) is 0 Å². The SMILES string of the molecule is CCN(CC(=O)[O-])C(=O)C(F)(F)C(F)(F)C(F)(F)C(F)(F)C(F)(F)C(F)(F)F.[Na+]. The summed E-state index contributed by atoms with van der Waals surface area (Å²) in [6, 6.07) is 0. The average molecular weight is 471 g/mol. The van der Waals surface area contributed by atoms with Crippen molar-refractivity contribution in [1.29, 1.82) is 0 Å². The van der Waals surface area contributed by atoms with Crippen molar-refractivity contribution in [1.82, 2.24) is 4.90 Å². The first-order chi connectivity index (χ1) is 12.0. The summed E-state index contributed by atoms with van der Waals surface area (Å²) in [6.45, 7) is -2.54. The fourth-order valence-corrected chi connectivity index (χ4v) is 1.59. The summed E-state index contributed by atoms with van der Waals surface area (Å²) in [7, 11) is 0. The molecule has 0 aromatic rings. The van der Waals surface area contributed by atoms with Gasteiger partial charge in [0, 0.05) is 6.54 Å². The van der Waals surface area contributed by atoms with E-state index >= 15 is 0 Å². The van der Waals surface area contributed by atoms with E-state index in [4.69, 9.17) is 0 Å². The molecule has 0 aromatic heterocycles. The van der Waals surface area contributed by atoms with Crippen LogP contribution in [-0.4, -0.2) is 65.7 Å². The number of hydrogen-bond donors (Lipinski definition) is 0. The molecule has 0 radical (unpaired) electrons. The fourth-order valence-electron chi connectivity index (χ4n) is 1.59. The van der Waals surface area contributed by atoms with E-state index in [1.807, 2.05) is 0 Å². The minimum atomic E-state index is -8.14. The Kier molecular flexibility index (Phi) is 9.01. The van der Waals surface area contributed by atoms with E-state index in [0.717, 1.165) is 0 Å². The number of carbonyl (C=O) groups is 2. The number of carbonyl (C=O) groups excluding carboxylic acids is 2. The summed E-state index contributed by atoms with van der Waals surface area (Å²) in [6.07, 6.45) is -7.57. The van der Waals surface area contributed by atoms with Crippen LogP contribution in [0.4, 0.5) is 57.1 Å². The van der Waals surface area contributed by atoms with Gasteiger partial charge in [-0.05, 0) is 6.92 Å². The second-order valence-electron chi connectivity index (χ2n) is 5.06. The number of aliphatic carboxylic acids is 1. The van der Waals surface area contributed by atoms with Crippen LogP contribution in [0.15, 0.2) is 0 Å². The van der Waals surface area contributed by atoms with Crippen molar-refractivity contribution >= 4 is 11.9 Å². The third kappa shape index (κ3) is 4.70. The topological polar surface area (TPSA) is 60.4 Å². The van der Waals surface area contributed by atoms with E-state index in [-0.39, 0.29) is 29.6 Å². The minimum Gasteiger partial charge on any atom is -0.548 e. The fraction of sp³-hybridized carbons (Fsp3) is 0.818. The molecule has 166 valence electrons. The predicted octanol–water partition coefficient (Wildman–Crippen LogP) is -0.672. The maximum Gasteiger partial charge on any atom is 1.00 e. The van der Waals surface area contributed by atoms with Crippen LogP contribution >= 0.6 is 0 Å². The third-order valence-electron chi connectivity index (χ3n) is 3.19. The first-order valence-electron chi connectivity index (χ1n) is 6.49. The summed E-state index contributed by atoms with van der Waals surface area (Å²) in [4.78, 5) is 20.6. The first kappa shape index (κ1) is 30.2. The Morgan fingerprint density at radius 1 is 0.724 bits per heavy atom. The van der Waals surface area contributed by atoms with Crippen LogP contribution in [0.3, 0.4) is 0 Å². The molecule has 4 nitrogen and oxygen atoms in total. The molecule has 0 aromatic carbocycles. The Hall–Kier alpha value is -0.970. The van der Waals surface area contributed by atoms with Crippen LogP contribution < -0.4 is 34.7 Å². The molecule has 0 heterocycles. The molecule has 0 saturated carbocycles. The number of amides is 1. The Labute approximate surface area is 174 Å². The third-order valence-corrected chi connectivity index (χ3v) is 3.19.